The van der Waals surface area contributed by atoms with Gasteiger partial charge in [0, 0.05) is 11.2 Å². The average molecular weight is 628 g/mol. The van der Waals surface area contributed by atoms with Gasteiger partial charge in [-0.2, -0.15) is 0 Å². The number of hydrogen-bond donors (Lipinski definition) is 1. The lowest BCUT2D eigenvalue weighted by atomic mass is 10.4. The van der Waals surface area contributed by atoms with Crippen LogP contribution in [0.5, 0.6) is 0 Å². The fourth-order valence-electron chi connectivity index (χ4n) is 3.36. The van der Waals surface area contributed by atoms with E-state index in [2.05, 4.69) is 90.7 Å². The number of rotatable bonds is 14. The van der Waals surface area contributed by atoms with E-state index in [0.717, 1.165) is 11.6 Å². The predicted molar refractivity (Wildman–Crippen MR) is 182 cm³/mol. The molecule has 0 aromatic heterocycles. The minimum atomic E-state index is -3.39. The van der Waals surface area contributed by atoms with E-state index < -0.39 is 50.9 Å². The Kier molecular flexibility index (Phi) is 19.8. The van der Waals surface area contributed by atoms with Crippen molar-refractivity contribution in [1.82, 2.24) is 0 Å². The first-order valence-corrected chi connectivity index (χ1v) is 29.3. The molecule has 12 heteroatoms. The zero-order valence-electron chi connectivity index (χ0n) is 23.1. The van der Waals surface area contributed by atoms with Gasteiger partial charge in [0.25, 0.3) is 0 Å². The lowest BCUT2D eigenvalue weighted by Crippen LogP contribution is -2.71. The quantitative estimate of drug-likeness (QED) is 0.210. The molecule has 0 bridgehead atoms. The first-order chi connectivity index (χ1) is 14.7. The molecule has 1 aromatic rings. The van der Waals surface area contributed by atoms with Crippen LogP contribution < -0.4 is 10.9 Å². The highest BCUT2D eigenvalue weighted by atomic mass is 28.5. The van der Waals surface area contributed by atoms with Gasteiger partial charge in [-0.1, -0.05) is 60.0 Å². The summed E-state index contributed by atoms with van der Waals surface area (Å²) in [5.74, 6) is 0. The molecule has 1 aromatic carbocycles. The second-order valence-electron chi connectivity index (χ2n) is 12.5. The van der Waals surface area contributed by atoms with E-state index in [-0.39, 0.29) is 29.7 Å². The van der Waals surface area contributed by atoms with Crippen LogP contribution >= 0.6 is 0 Å². The monoisotopic (exact) mass is 627 g/mol. The van der Waals surface area contributed by atoms with E-state index in [1.54, 1.807) is 0 Å². The first-order valence-electron chi connectivity index (χ1n) is 12.0. The summed E-state index contributed by atoms with van der Waals surface area (Å²) in [6.45, 7) is 26.9. The molecule has 0 heterocycles. The molecule has 0 atom stereocenters. The van der Waals surface area contributed by atoms with Gasteiger partial charge in [0.15, 0.2) is 33.3 Å². The van der Waals surface area contributed by atoms with Crippen LogP contribution in [0.25, 0.3) is 0 Å². The third-order valence-electron chi connectivity index (χ3n) is 3.91. The summed E-state index contributed by atoms with van der Waals surface area (Å²) in [5, 5.41) is 0.984. The van der Waals surface area contributed by atoms with Gasteiger partial charge < -0.3 is 26.3 Å². The van der Waals surface area contributed by atoms with Crippen molar-refractivity contribution in [2.45, 2.75) is 121 Å². The minimum Gasteiger partial charge on any atom is -0.417 e. The van der Waals surface area contributed by atoms with Gasteiger partial charge in [0.1, 0.15) is 0 Å². The highest BCUT2D eigenvalue weighted by Crippen LogP contribution is 2.33. The number of hydrogen-bond acceptors (Lipinski definition) is 6. The molecule has 37 heavy (non-hydrogen) atoms. The number of nitrogens with two attached hydrogens (primary N) is 1. The molecule has 0 aliphatic rings. The predicted octanol–water partition coefficient (Wildman–Crippen LogP) is 8.09. The largest absolute Gasteiger partial charge is 0.508 e. The summed E-state index contributed by atoms with van der Waals surface area (Å²) in [4.78, 5) is 0. The first kappa shape index (κ1) is 44.3. The van der Waals surface area contributed by atoms with Gasteiger partial charge in [-0.05, 0) is 91.5 Å². The highest BCUT2D eigenvalue weighted by Gasteiger charge is 2.59. The molecule has 2 N–H and O–H groups in total. The van der Waals surface area contributed by atoms with E-state index in [0.29, 0.717) is 12.6 Å². The summed E-state index contributed by atoms with van der Waals surface area (Å²) in [6.07, 6.45) is 0.778. The summed E-state index contributed by atoms with van der Waals surface area (Å²) in [6, 6.07) is 10.9. The standard InChI is InChI=1S/C21H49NO5Si6.4CH4/c1-28(2,3)23-32(20-16-19-22,24-29(4,5)6)27-33(25-30(7,8)9,26-31(10,11)12)21-17-14-13-15-18-21;;;;/h13-15,17-18H,16,19-20,22H2,1-12H3;4*1H4. The maximum Gasteiger partial charge on any atom is 0.508 e. The Hall–Kier alpha value is 0.281. The molecule has 0 spiro atoms. The van der Waals surface area contributed by atoms with E-state index in [9.17, 15) is 0 Å². The molecule has 0 amide bonds. The lowest BCUT2D eigenvalue weighted by Gasteiger charge is -2.47. The molecule has 0 aliphatic carbocycles. The van der Waals surface area contributed by atoms with Crippen LogP contribution in [0.15, 0.2) is 30.3 Å². The Morgan fingerprint density at radius 1 is 0.541 bits per heavy atom. The van der Waals surface area contributed by atoms with Crippen LogP contribution in [0.1, 0.15) is 36.1 Å². The van der Waals surface area contributed by atoms with Crippen LogP contribution in [0.4, 0.5) is 0 Å². The van der Waals surface area contributed by atoms with E-state index in [1.807, 2.05) is 18.2 Å². The van der Waals surface area contributed by atoms with Gasteiger partial charge in [-0.3, -0.25) is 0 Å². The van der Waals surface area contributed by atoms with Crippen LogP contribution in [-0.4, -0.2) is 57.4 Å². The fraction of sp³-hybridized carbons (Fsp3) is 0.760. The number of benzene rings is 1. The maximum absolute atomic E-state index is 7.29. The molecule has 0 fully saturated rings. The van der Waals surface area contributed by atoms with Gasteiger partial charge in [-0.15, -0.1) is 0 Å². The van der Waals surface area contributed by atoms with Gasteiger partial charge >= 0.3 is 17.6 Å². The van der Waals surface area contributed by atoms with Crippen LogP contribution in [-0.2, 0) is 20.6 Å². The summed E-state index contributed by atoms with van der Waals surface area (Å²) >= 11 is 0. The van der Waals surface area contributed by atoms with Crippen molar-refractivity contribution in [1.29, 1.82) is 0 Å². The Labute approximate surface area is 239 Å². The summed E-state index contributed by atoms with van der Waals surface area (Å²) in [7, 11) is -14.8. The molecule has 0 aliphatic heterocycles. The minimum absolute atomic E-state index is 0. The van der Waals surface area contributed by atoms with Crippen molar-refractivity contribution in [3.05, 3.63) is 30.3 Å². The zero-order chi connectivity index (χ0) is 25.8. The molecular formula is C25H65NO5Si6. The van der Waals surface area contributed by atoms with Gasteiger partial charge in [0.2, 0.25) is 0 Å². The maximum atomic E-state index is 7.29. The summed E-state index contributed by atoms with van der Waals surface area (Å²) in [5.41, 5.74) is 5.98. The Morgan fingerprint density at radius 3 is 1.19 bits per heavy atom. The van der Waals surface area contributed by atoms with Crippen molar-refractivity contribution in [3.8, 4) is 0 Å². The molecule has 224 valence electrons. The van der Waals surface area contributed by atoms with Crippen LogP contribution in [0.2, 0.25) is 84.6 Å². The fourth-order valence-corrected chi connectivity index (χ4v) is 26.0. The highest BCUT2D eigenvalue weighted by molar-refractivity contribution is 6.97. The van der Waals surface area contributed by atoms with Crippen molar-refractivity contribution in [2.24, 2.45) is 5.73 Å². The molecule has 0 radical (unpaired) electrons. The Balaban J connectivity index is -0.00000136. The second-order valence-corrected chi connectivity index (χ2v) is 37.0. The normalized spacial score (nSPS) is 13.0. The topological polar surface area (TPSA) is 72.2 Å². The molecular weight excluding hydrogens is 563 g/mol. The molecule has 0 unspecified atom stereocenters. The lowest BCUT2D eigenvalue weighted by molar-refractivity contribution is 0.184. The van der Waals surface area contributed by atoms with Gasteiger partial charge in [0.05, 0.1) is 0 Å². The molecule has 0 saturated heterocycles. The van der Waals surface area contributed by atoms with Crippen molar-refractivity contribution >= 4 is 56.1 Å². The molecule has 0 saturated carbocycles. The SMILES string of the molecule is C.C.C.C.C[Si](C)(C)O[Si](CCCN)(O[Si](C)(C)C)O[Si](O[Si](C)(C)C)(O[Si](C)(C)C)c1ccccc1. The third-order valence-corrected chi connectivity index (χ3v) is 22.7. The average Bonchev–Trinajstić information content (AvgIpc) is 2.54. The van der Waals surface area contributed by atoms with Crippen molar-refractivity contribution < 1.29 is 20.6 Å². The van der Waals surface area contributed by atoms with E-state index in [4.69, 9.17) is 26.3 Å². The van der Waals surface area contributed by atoms with Crippen LogP contribution in [0, 0.1) is 0 Å². The Bertz CT molecular complexity index is 696. The molecule has 6 nitrogen and oxygen atoms in total. The van der Waals surface area contributed by atoms with Crippen LogP contribution in [0.3, 0.4) is 0 Å². The smallest absolute Gasteiger partial charge is 0.417 e. The van der Waals surface area contributed by atoms with Crippen molar-refractivity contribution in [2.75, 3.05) is 6.54 Å². The Morgan fingerprint density at radius 2 is 0.892 bits per heavy atom. The zero-order valence-corrected chi connectivity index (χ0v) is 29.1. The molecule has 1 rings (SSSR count). The summed E-state index contributed by atoms with van der Waals surface area (Å²) < 4.78 is 35.1. The third kappa shape index (κ3) is 17.6. The van der Waals surface area contributed by atoms with Gasteiger partial charge in [-0.25, -0.2) is 0 Å². The van der Waals surface area contributed by atoms with E-state index >= 15 is 0 Å². The van der Waals surface area contributed by atoms with E-state index in [1.165, 1.54) is 0 Å². The van der Waals surface area contributed by atoms with Crippen molar-refractivity contribution in [3.63, 3.8) is 0 Å². The second kappa shape index (κ2) is 16.5.